The van der Waals surface area contributed by atoms with Crippen molar-refractivity contribution >= 4 is 11.5 Å². The predicted molar refractivity (Wildman–Crippen MR) is 65.8 cm³/mol. The Morgan fingerprint density at radius 3 is 3.06 bits per heavy atom. The Balaban J connectivity index is 2.03. The number of para-hydroxylation sites is 1. The standard InChI is InChI=1S/C13H16FN3/c14-10-6-4-5-9-12(10)16-11-7-2-1-3-8-17(11)13(9)15/h4-6,11,15-16H,1-3,7-8H2. The molecule has 1 fully saturated rings. The summed E-state index contributed by atoms with van der Waals surface area (Å²) in [6, 6.07) is 4.93. The van der Waals surface area contributed by atoms with E-state index in [4.69, 9.17) is 5.41 Å². The van der Waals surface area contributed by atoms with Gasteiger partial charge in [-0.3, -0.25) is 5.41 Å². The number of rotatable bonds is 0. The van der Waals surface area contributed by atoms with Gasteiger partial charge >= 0.3 is 0 Å². The van der Waals surface area contributed by atoms with Crippen molar-refractivity contribution in [2.24, 2.45) is 0 Å². The Labute approximate surface area is 100 Å². The summed E-state index contributed by atoms with van der Waals surface area (Å²) in [5.41, 5.74) is 1.18. The summed E-state index contributed by atoms with van der Waals surface area (Å²) < 4.78 is 13.7. The van der Waals surface area contributed by atoms with Crippen LogP contribution in [0.1, 0.15) is 31.2 Å². The quantitative estimate of drug-likeness (QED) is 0.723. The van der Waals surface area contributed by atoms with E-state index in [0.29, 0.717) is 17.1 Å². The van der Waals surface area contributed by atoms with Crippen LogP contribution in [0.15, 0.2) is 18.2 Å². The third-order valence-corrected chi connectivity index (χ3v) is 3.62. The first-order valence-corrected chi connectivity index (χ1v) is 6.18. The fourth-order valence-corrected chi connectivity index (χ4v) is 2.72. The minimum atomic E-state index is -0.254. The van der Waals surface area contributed by atoms with Crippen LogP contribution >= 0.6 is 0 Å². The van der Waals surface area contributed by atoms with E-state index in [-0.39, 0.29) is 12.0 Å². The van der Waals surface area contributed by atoms with Crippen molar-refractivity contribution in [3.8, 4) is 0 Å². The number of halogens is 1. The third kappa shape index (κ3) is 1.68. The zero-order valence-electron chi connectivity index (χ0n) is 9.67. The second-order valence-electron chi connectivity index (χ2n) is 4.71. The molecule has 0 aromatic heterocycles. The zero-order valence-corrected chi connectivity index (χ0v) is 9.67. The minimum absolute atomic E-state index is 0.0920. The molecule has 90 valence electrons. The molecule has 0 bridgehead atoms. The Bertz CT molecular complexity index is 458. The average Bonchev–Trinajstić information content (AvgIpc) is 2.56. The number of hydrogen-bond acceptors (Lipinski definition) is 2. The molecule has 0 amide bonds. The molecule has 0 spiro atoms. The first-order valence-electron chi connectivity index (χ1n) is 6.18. The molecule has 3 rings (SSSR count). The number of benzene rings is 1. The van der Waals surface area contributed by atoms with E-state index >= 15 is 0 Å². The topological polar surface area (TPSA) is 39.1 Å². The molecule has 17 heavy (non-hydrogen) atoms. The van der Waals surface area contributed by atoms with Gasteiger partial charge in [0, 0.05) is 12.1 Å². The number of amidine groups is 1. The van der Waals surface area contributed by atoms with Gasteiger partial charge in [0.1, 0.15) is 17.8 Å². The molecule has 2 N–H and O–H groups in total. The van der Waals surface area contributed by atoms with Gasteiger partial charge in [0.05, 0.1) is 5.69 Å². The third-order valence-electron chi connectivity index (χ3n) is 3.62. The predicted octanol–water partition coefficient (Wildman–Crippen LogP) is 2.78. The molecular formula is C13H16FN3. The van der Waals surface area contributed by atoms with E-state index in [0.717, 1.165) is 25.8 Å². The molecule has 2 aliphatic rings. The van der Waals surface area contributed by atoms with Gasteiger partial charge in [-0.25, -0.2) is 4.39 Å². The van der Waals surface area contributed by atoms with E-state index in [9.17, 15) is 4.39 Å². The van der Waals surface area contributed by atoms with Gasteiger partial charge in [0.15, 0.2) is 0 Å². The molecule has 1 unspecified atom stereocenters. The molecule has 1 aromatic rings. The van der Waals surface area contributed by atoms with Crippen LogP contribution in [0, 0.1) is 11.2 Å². The van der Waals surface area contributed by atoms with Gasteiger partial charge in [0.25, 0.3) is 0 Å². The SMILES string of the molecule is N=C1c2cccc(F)c2NC2CCCCCN12. The summed E-state index contributed by atoms with van der Waals surface area (Å²) in [7, 11) is 0. The Morgan fingerprint density at radius 2 is 2.18 bits per heavy atom. The summed E-state index contributed by atoms with van der Waals surface area (Å²) in [5, 5.41) is 11.5. The van der Waals surface area contributed by atoms with Gasteiger partial charge in [-0.1, -0.05) is 12.5 Å². The Morgan fingerprint density at radius 1 is 1.29 bits per heavy atom. The van der Waals surface area contributed by atoms with Crippen molar-refractivity contribution in [2.75, 3.05) is 11.9 Å². The second-order valence-corrected chi connectivity index (χ2v) is 4.71. The fourth-order valence-electron chi connectivity index (χ4n) is 2.72. The normalized spacial score (nSPS) is 23.5. The molecule has 1 saturated heterocycles. The van der Waals surface area contributed by atoms with Crippen molar-refractivity contribution in [3.63, 3.8) is 0 Å². The molecule has 0 saturated carbocycles. The van der Waals surface area contributed by atoms with Crippen molar-refractivity contribution in [1.82, 2.24) is 4.90 Å². The van der Waals surface area contributed by atoms with Gasteiger partial charge in [-0.15, -0.1) is 0 Å². The van der Waals surface area contributed by atoms with Crippen molar-refractivity contribution in [2.45, 2.75) is 31.8 Å². The Hall–Kier alpha value is -1.58. The molecule has 2 heterocycles. The van der Waals surface area contributed by atoms with Gasteiger partial charge in [-0.2, -0.15) is 0 Å². The lowest BCUT2D eigenvalue weighted by atomic mass is 10.1. The highest BCUT2D eigenvalue weighted by Gasteiger charge is 2.31. The lowest BCUT2D eigenvalue weighted by Gasteiger charge is -2.38. The minimum Gasteiger partial charge on any atom is -0.362 e. The largest absolute Gasteiger partial charge is 0.362 e. The van der Waals surface area contributed by atoms with Crippen LogP contribution in [0.4, 0.5) is 10.1 Å². The Kier molecular flexibility index (Phi) is 2.50. The van der Waals surface area contributed by atoms with Gasteiger partial charge in [0.2, 0.25) is 0 Å². The number of hydrogen-bond donors (Lipinski definition) is 2. The second kappa shape index (κ2) is 4.02. The summed E-state index contributed by atoms with van der Waals surface area (Å²) in [6.45, 7) is 0.895. The zero-order chi connectivity index (χ0) is 11.8. The van der Waals surface area contributed by atoms with Crippen LogP contribution in [0.2, 0.25) is 0 Å². The van der Waals surface area contributed by atoms with E-state index in [2.05, 4.69) is 10.2 Å². The number of fused-ring (bicyclic) bond motifs is 2. The van der Waals surface area contributed by atoms with Crippen LogP contribution in [0.5, 0.6) is 0 Å². The molecule has 0 aliphatic carbocycles. The maximum atomic E-state index is 13.7. The summed E-state index contributed by atoms with van der Waals surface area (Å²) in [5.74, 6) is 0.210. The molecule has 0 radical (unpaired) electrons. The van der Waals surface area contributed by atoms with E-state index in [1.54, 1.807) is 6.07 Å². The molecule has 2 aliphatic heterocycles. The van der Waals surface area contributed by atoms with E-state index < -0.39 is 0 Å². The number of nitrogens with zero attached hydrogens (tertiary/aromatic N) is 1. The highest BCUT2D eigenvalue weighted by atomic mass is 19.1. The van der Waals surface area contributed by atoms with Gasteiger partial charge in [-0.05, 0) is 31.4 Å². The van der Waals surface area contributed by atoms with Crippen molar-refractivity contribution in [1.29, 1.82) is 5.41 Å². The van der Waals surface area contributed by atoms with Crippen LogP contribution in [-0.4, -0.2) is 23.4 Å². The number of anilines is 1. The van der Waals surface area contributed by atoms with E-state index in [1.807, 2.05) is 6.07 Å². The van der Waals surface area contributed by atoms with Gasteiger partial charge < -0.3 is 10.2 Å². The molecule has 1 aromatic carbocycles. The van der Waals surface area contributed by atoms with Crippen molar-refractivity contribution in [3.05, 3.63) is 29.6 Å². The smallest absolute Gasteiger partial charge is 0.147 e. The van der Waals surface area contributed by atoms with Crippen LogP contribution in [-0.2, 0) is 0 Å². The van der Waals surface area contributed by atoms with Crippen molar-refractivity contribution < 1.29 is 4.39 Å². The molecule has 4 heteroatoms. The van der Waals surface area contributed by atoms with Crippen LogP contribution in [0.3, 0.4) is 0 Å². The first-order chi connectivity index (χ1) is 8.27. The maximum absolute atomic E-state index is 13.7. The van der Waals surface area contributed by atoms with Crippen LogP contribution in [0.25, 0.3) is 0 Å². The summed E-state index contributed by atoms with van der Waals surface area (Å²) in [6.07, 6.45) is 4.53. The summed E-state index contributed by atoms with van der Waals surface area (Å²) in [4.78, 5) is 2.06. The maximum Gasteiger partial charge on any atom is 0.147 e. The lowest BCUT2D eigenvalue weighted by Crippen LogP contribution is -2.48. The highest BCUT2D eigenvalue weighted by Crippen LogP contribution is 2.31. The average molecular weight is 233 g/mol. The molecule has 3 nitrogen and oxygen atoms in total. The number of nitrogens with one attached hydrogen (secondary N) is 2. The fraction of sp³-hybridized carbons (Fsp3) is 0.462. The first kappa shape index (κ1) is 10.6. The van der Waals surface area contributed by atoms with E-state index in [1.165, 1.54) is 12.5 Å². The highest BCUT2D eigenvalue weighted by molar-refractivity contribution is 6.03. The monoisotopic (exact) mass is 233 g/mol. The van der Waals surface area contributed by atoms with Crippen LogP contribution < -0.4 is 5.32 Å². The molecule has 1 atom stereocenters. The molecular weight excluding hydrogens is 217 g/mol. The lowest BCUT2D eigenvalue weighted by molar-refractivity contribution is 0.336. The summed E-state index contributed by atoms with van der Waals surface area (Å²) >= 11 is 0.